The van der Waals surface area contributed by atoms with E-state index in [0.717, 1.165) is 0 Å². The lowest BCUT2D eigenvalue weighted by molar-refractivity contribution is -0.129. The van der Waals surface area contributed by atoms with E-state index in [1.807, 2.05) is 13.8 Å². The Morgan fingerprint density at radius 1 is 1.35 bits per heavy atom. The van der Waals surface area contributed by atoms with Gasteiger partial charge in [-0.2, -0.15) is 0 Å². The quantitative estimate of drug-likeness (QED) is 0.819. The summed E-state index contributed by atoms with van der Waals surface area (Å²) in [6.45, 7) is 4.46. The Hall–Kier alpha value is -0.630. The molecule has 0 bridgehead atoms. The van der Waals surface area contributed by atoms with Gasteiger partial charge in [-0.15, -0.1) is 0 Å². The zero-order chi connectivity index (χ0) is 15.3. The van der Waals surface area contributed by atoms with Gasteiger partial charge < -0.3 is 4.90 Å². The van der Waals surface area contributed by atoms with Crippen LogP contribution in [0.4, 0.5) is 0 Å². The van der Waals surface area contributed by atoms with Gasteiger partial charge in [-0.25, -0.2) is 13.1 Å². The van der Waals surface area contributed by atoms with Crippen molar-refractivity contribution in [3.63, 3.8) is 0 Å². The largest absolute Gasteiger partial charge is 0.342 e. The molecule has 0 unspecified atom stereocenters. The molecule has 1 aromatic rings. The fourth-order valence-electron chi connectivity index (χ4n) is 1.62. The average Bonchev–Trinajstić information content (AvgIpc) is 2.37. The van der Waals surface area contributed by atoms with Crippen LogP contribution in [0.2, 0.25) is 5.02 Å². The fourth-order valence-corrected chi connectivity index (χ4v) is 3.63. The predicted octanol–water partition coefficient (Wildman–Crippen LogP) is 2.25. The van der Waals surface area contributed by atoms with Crippen molar-refractivity contribution in [2.75, 3.05) is 19.6 Å². The Bertz CT molecular complexity index is 588. The summed E-state index contributed by atoms with van der Waals surface area (Å²) in [5, 5.41) is 0.0992. The van der Waals surface area contributed by atoms with Crippen LogP contribution in [0.5, 0.6) is 0 Å². The normalized spacial score (nSPS) is 11.4. The summed E-state index contributed by atoms with van der Waals surface area (Å²) in [6, 6.07) is 4.45. The molecule has 0 aliphatic heterocycles. The smallest absolute Gasteiger partial charge is 0.242 e. The number of carbonyl (C=O) groups is 1. The van der Waals surface area contributed by atoms with E-state index in [4.69, 9.17) is 11.6 Å². The van der Waals surface area contributed by atoms with E-state index in [1.165, 1.54) is 12.1 Å². The van der Waals surface area contributed by atoms with Crippen molar-refractivity contribution in [1.82, 2.24) is 9.62 Å². The van der Waals surface area contributed by atoms with Crippen LogP contribution in [0.1, 0.15) is 13.8 Å². The maximum absolute atomic E-state index is 12.1. The van der Waals surface area contributed by atoms with Gasteiger partial charge >= 0.3 is 0 Å². The van der Waals surface area contributed by atoms with Crippen LogP contribution >= 0.6 is 27.5 Å². The molecule has 0 fully saturated rings. The molecule has 0 saturated carbocycles. The minimum Gasteiger partial charge on any atom is -0.342 e. The number of nitrogens with zero attached hydrogens (tertiary/aromatic N) is 1. The van der Waals surface area contributed by atoms with Crippen LogP contribution in [-0.2, 0) is 14.8 Å². The Morgan fingerprint density at radius 2 is 1.95 bits per heavy atom. The number of sulfonamides is 1. The zero-order valence-corrected chi connectivity index (χ0v) is 14.3. The highest BCUT2D eigenvalue weighted by Crippen LogP contribution is 2.24. The van der Waals surface area contributed by atoms with Crippen molar-refractivity contribution in [3.05, 3.63) is 27.7 Å². The Kier molecular flexibility index (Phi) is 6.44. The minimum absolute atomic E-state index is 0.0466. The standard InChI is InChI=1S/C12H16BrClN2O3S/c1-3-16(4-2)12(17)8-15-20(18,19)11-6-5-9(13)7-10(11)14/h5-7,15H,3-4,8H2,1-2H3. The molecule has 0 radical (unpaired) electrons. The van der Waals surface area contributed by atoms with E-state index >= 15 is 0 Å². The Labute approximate surface area is 132 Å². The molecule has 1 N–H and O–H groups in total. The predicted molar refractivity (Wildman–Crippen MR) is 82.3 cm³/mol. The maximum Gasteiger partial charge on any atom is 0.242 e. The first-order chi connectivity index (χ1) is 9.31. The molecule has 8 heteroatoms. The number of hydrogen-bond acceptors (Lipinski definition) is 3. The number of benzene rings is 1. The van der Waals surface area contributed by atoms with Crippen molar-refractivity contribution in [3.8, 4) is 0 Å². The van der Waals surface area contributed by atoms with E-state index in [2.05, 4.69) is 20.7 Å². The second kappa shape index (κ2) is 7.40. The van der Waals surface area contributed by atoms with Crippen LogP contribution in [0.3, 0.4) is 0 Å². The third kappa shape index (κ3) is 4.44. The van der Waals surface area contributed by atoms with E-state index in [9.17, 15) is 13.2 Å². The highest BCUT2D eigenvalue weighted by atomic mass is 79.9. The van der Waals surface area contributed by atoms with Crippen LogP contribution in [0, 0.1) is 0 Å². The molecule has 1 aromatic carbocycles. The summed E-state index contributed by atoms with van der Waals surface area (Å²) in [7, 11) is -3.80. The summed E-state index contributed by atoms with van der Waals surface area (Å²) < 4.78 is 27.1. The summed E-state index contributed by atoms with van der Waals surface area (Å²) in [6.07, 6.45) is 0. The van der Waals surface area contributed by atoms with Gasteiger partial charge in [0.05, 0.1) is 11.6 Å². The molecule has 0 aromatic heterocycles. The van der Waals surface area contributed by atoms with E-state index in [-0.39, 0.29) is 22.4 Å². The number of nitrogens with one attached hydrogen (secondary N) is 1. The lowest BCUT2D eigenvalue weighted by Gasteiger charge is -2.18. The van der Waals surface area contributed by atoms with Crippen molar-refractivity contribution < 1.29 is 13.2 Å². The van der Waals surface area contributed by atoms with Gasteiger partial charge in [0.15, 0.2) is 0 Å². The molecule has 0 aliphatic rings. The van der Waals surface area contributed by atoms with Gasteiger partial charge in [0.2, 0.25) is 15.9 Å². The van der Waals surface area contributed by atoms with Gasteiger partial charge in [0.1, 0.15) is 4.90 Å². The van der Waals surface area contributed by atoms with Crippen molar-refractivity contribution >= 4 is 43.5 Å². The number of rotatable bonds is 6. The molecular formula is C12H16BrClN2O3S. The zero-order valence-electron chi connectivity index (χ0n) is 11.2. The third-order valence-corrected chi connectivity index (χ3v) is 5.09. The summed E-state index contributed by atoms with van der Waals surface area (Å²) >= 11 is 9.10. The first kappa shape index (κ1) is 17.4. The summed E-state index contributed by atoms with van der Waals surface area (Å²) in [4.78, 5) is 13.3. The van der Waals surface area contributed by atoms with Crippen LogP contribution < -0.4 is 4.72 Å². The number of amides is 1. The molecular weight excluding hydrogens is 368 g/mol. The molecule has 1 amide bonds. The number of halogens is 2. The number of likely N-dealkylation sites (N-methyl/N-ethyl adjacent to an activating group) is 1. The van der Waals surface area contributed by atoms with Crippen molar-refractivity contribution in [2.45, 2.75) is 18.7 Å². The Morgan fingerprint density at radius 3 is 2.45 bits per heavy atom. The first-order valence-corrected chi connectivity index (χ1v) is 8.69. The molecule has 1 rings (SSSR count). The monoisotopic (exact) mass is 382 g/mol. The molecule has 0 heterocycles. The average molecular weight is 384 g/mol. The van der Waals surface area contributed by atoms with Crippen LogP contribution in [0.25, 0.3) is 0 Å². The Balaban J connectivity index is 2.83. The molecule has 0 atom stereocenters. The molecule has 0 spiro atoms. The molecule has 0 aliphatic carbocycles. The summed E-state index contributed by atoms with van der Waals surface area (Å²) in [5.41, 5.74) is 0. The van der Waals surface area contributed by atoms with E-state index in [0.29, 0.717) is 17.6 Å². The molecule has 5 nitrogen and oxygen atoms in total. The van der Waals surface area contributed by atoms with Gasteiger partial charge in [-0.3, -0.25) is 4.79 Å². The van der Waals surface area contributed by atoms with Gasteiger partial charge in [-0.1, -0.05) is 27.5 Å². The second-order valence-electron chi connectivity index (χ2n) is 3.97. The van der Waals surface area contributed by atoms with E-state index < -0.39 is 10.0 Å². The topological polar surface area (TPSA) is 66.5 Å². The van der Waals surface area contributed by atoms with Gasteiger partial charge in [0.25, 0.3) is 0 Å². The highest BCUT2D eigenvalue weighted by Gasteiger charge is 2.20. The number of carbonyl (C=O) groups excluding carboxylic acids is 1. The fraction of sp³-hybridized carbons (Fsp3) is 0.417. The maximum atomic E-state index is 12.1. The lowest BCUT2D eigenvalue weighted by atomic mass is 10.4. The SMILES string of the molecule is CCN(CC)C(=O)CNS(=O)(=O)c1ccc(Br)cc1Cl. The first-order valence-electron chi connectivity index (χ1n) is 6.04. The third-order valence-electron chi connectivity index (χ3n) is 2.71. The molecule has 20 heavy (non-hydrogen) atoms. The number of hydrogen-bond donors (Lipinski definition) is 1. The van der Waals surface area contributed by atoms with E-state index in [1.54, 1.807) is 11.0 Å². The second-order valence-corrected chi connectivity index (χ2v) is 7.02. The lowest BCUT2D eigenvalue weighted by Crippen LogP contribution is -2.40. The highest BCUT2D eigenvalue weighted by molar-refractivity contribution is 9.10. The van der Waals surface area contributed by atoms with Crippen LogP contribution in [-0.4, -0.2) is 38.9 Å². The summed E-state index contributed by atoms with van der Waals surface area (Å²) in [5.74, 6) is -0.271. The van der Waals surface area contributed by atoms with Gasteiger partial charge in [0, 0.05) is 17.6 Å². The van der Waals surface area contributed by atoms with Gasteiger partial charge in [-0.05, 0) is 32.0 Å². The minimum atomic E-state index is -3.80. The van der Waals surface area contributed by atoms with Crippen molar-refractivity contribution in [1.29, 1.82) is 0 Å². The molecule has 0 saturated heterocycles. The van der Waals surface area contributed by atoms with Crippen molar-refractivity contribution in [2.24, 2.45) is 0 Å². The molecule has 112 valence electrons. The van der Waals surface area contributed by atoms with Crippen LogP contribution in [0.15, 0.2) is 27.6 Å².